The third-order valence-corrected chi connectivity index (χ3v) is 3.95. The van der Waals surface area contributed by atoms with Crippen LogP contribution in [0.2, 0.25) is 5.02 Å². The van der Waals surface area contributed by atoms with Crippen LogP contribution in [-0.2, 0) is 11.3 Å². The standard InChI is InChI=1S/C12H14BClO3S/c1-18-4-2-3-12(15)9-6-10-8(5-11(9)14)7-17-13(10)16/h5-6,16H,2-4,7H2,1H3. The highest BCUT2D eigenvalue weighted by Crippen LogP contribution is 2.22. The molecule has 0 saturated carbocycles. The van der Waals surface area contributed by atoms with Crippen molar-refractivity contribution in [2.24, 2.45) is 0 Å². The number of benzene rings is 1. The smallest absolute Gasteiger partial charge is 0.423 e. The maximum atomic E-state index is 12.0. The van der Waals surface area contributed by atoms with Gasteiger partial charge in [-0.15, -0.1) is 0 Å². The molecule has 1 aliphatic rings. The molecule has 0 aliphatic carbocycles. The lowest BCUT2D eigenvalue weighted by molar-refractivity contribution is 0.0982. The van der Waals surface area contributed by atoms with E-state index in [9.17, 15) is 9.82 Å². The summed E-state index contributed by atoms with van der Waals surface area (Å²) in [5.74, 6) is 0.982. The van der Waals surface area contributed by atoms with E-state index in [0.29, 0.717) is 29.1 Å². The van der Waals surface area contributed by atoms with Crippen LogP contribution in [0, 0.1) is 0 Å². The van der Waals surface area contributed by atoms with Crippen LogP contribution >= 0.6 is 23.4 Å². The number of ketones is 1. The average Bonchev–Trinajstić information content (AvgIpc) is 2.69. The Balaban J connectivity index is 2.18. The normalized spacial score (nSPS) is 13.8. The molecule has 0 atom stereocenters. The summed E-state index contributed by atoms with van der Waals surface area (Å²) in [6.45, 7) is 0.344. The molecule has 1 N–H and O–H groups in total. The van der Waals surface area contributed by atoms with E-state index in [1.54, 1.807) is 23.9 Å². The van der Waals surface area contributed by atoms with Gasteiger partial charge in [0, 0.05) is 12.0 Å². The Kier molecular flexibility index (Phi) is 4.73. The largest absolute Gasteiger partial charge is 0.491 e. The van der Waals surface area contributed by atoms with Crippen LogP contribution in [0.15, 0.2) is 12.1 Å². The molecule has 6 heteroatoms. The second kappa shape index (κ2) is 6.11. The van der Waals surface area contributed by atoms with Crippen molar-refractivity contribution in [2.45, 2.75) is 19.4 Å². The van der Waals surface area contributed by atoms with E-state index in [-0.39, 0.29) is 5.78 Å². The van der Waals surface area contributed by atoms with E-state index in [1.807, 2.05) is 6.26 Å². The van der Waals surface area contributed by atoms with Crippen LogP contribution < -0.4 is 5.46 Å². The fourth-order valence-corrected chi connectivity index (χ4v) is 2.69. The third-order valence-electron chi connectivity index (χ3n) is 2.94. The number of fused-ring (bicyclic) bond motifs is 1. The van der Waals surface area contributed by atoms with Gasteiger partial charge in [0.05, 0.1) is 11.6 Å². The molecular formula is C12H14BClO3S. The summed E-state index contributed by atoms with van der Waals surface area (Å²) in [6, 6.07) is 3.38. The van der Waals surface area contributed by atoms with Crippen molar-refractivity contribution < 1.29 is 14.5 Å². The van der Waals surface area contributed by atoms with E-state index in [0.717, 1.165) is 17.7 Å². The summed E-state index contributed by atoms with van der Waals surface area (Å²) in [5.41, 5.74) is 2.00. The van der Waals surface area contributed by atoms with Gasteiger partial charge in [-0.3, -0.25) is 4.79 Å². The second-order valence-electron chi connectivity index (χ2n) is 4.21. The highest BCUT2D eigenvalue weighted by Gasteiger charge is 2.29. The number of hydrogen-bond donors (Lipinski definition) is 1. The van der Waals surface area contributed by atoms with Crippen molar-refractivity contribution >= 4 is 41.7 Å². The molecule has 0 saturated heterocycles. The molecule has 1 heterocycles. The van der Waals surface area contributed by atoms with E-state index in [4.69, 9.17) is 16.3 Å². The van der Waals surface area contributed by atoms with E-state index < -0.39 is 7.12 Å². The van der Waals surface area contributed by atoms with Gasteiger partial charge in [-0.1, -0.05) is 11.6 Å². The summed E-state index contributed by atoms with van der Waals surface area (Å²) in [6.07, 6.45) is 3.34. The number of thioether (sulfide) groups is 1. The fourth-order valence-electron chi connectivity index (χ4n) is 1.97. The van der Waals surface area contributed by atoms with Crippen molar-refractivity contribution in [1.29, 1.82) is 0 Å². The molecule has 0 aromatic heterocycles. The van der Waals surface area contributed by atoms with Gasteiger partial charge in [0.15, 0.2) is 5.78 Å². The zero-order valence-corrected chi connectivity index (χ0v) is 11.7. The van der Waals surface area contributed by atoms with Gasteiger partial charge in [0.25, 0.3) is 0 Å². The van der Waals surface area contributed by atoms with E-state index >= 15 is 0 Å². The monoisotopic (exact) mass is 284 g/mol. The first-order chi connectivity index (χ1) is 8.63. The van der Waals surface area contributed by atoms with Crippen LogP contribution in [0.4, 0.5) is 0 Å². The first-order valence-corrected chi connectivity index (χ1v) is 7.54. The number of carbonyl (C=O) groups excluding carboxylic acids is 1. The summed E-state index contributed by atoms with van der Waals surface area (Å²) < 4.78 is 5.09. The van der Waals surface area contributed by atoms with Crippen LogP contribution in [0.25, 0.3) is 0 Å². The quantitative estimate of drug-likeness (QED) is 0.509. The molecule has 1 aromatic carbocycles. The third kappa shape index (κ3) is 2.91. The van der Waals surface area contributed by atoms with Crippen LogP contribution in [0.3, 0.4) is 0 Å². The number of Topliss-reactive ketones (excluding diaryl/α,β-unsaturated/α-hetero) is 1. The maximum Gasteiger partial charge on any atom is 0.491 e. The van der Waals surface area contributed by atoms with Crippen LogP contribution in [-0.4, -0.2) is 29.9 Å². The van der Waals surface area contributed by atoms with Crippen LogP contribution in [0.5, 0.6) is 0 Å². The molecule has 0 bridgehead atoms. The summed E-state index contributed by atoms with van der Waals surface area (Å²) in [5, 5.41) is 10.1. The lowest BCUT2D eigenvalue weighted by Gasteiger charge is -2.06. The van der Waals surface area contributed by atoms with Gasteiger partial charge in [-0.05, 0) is 41.6 Å². The number of halogens is 1. The Morgan fingerprint density at radius 2 is 2.39 bits per heavy atom. The van der Waals surface area contributed by atoms with Gasteiger partial charge in [0.1, 0.15) is 0 Å². The second-order valence-corrected chi connectivity index (χ2v) is 5.61. The van der Waals surface area contributed by atoms with Gasteiger partial charge in [-0.2, -0.15) is 11.8 Å². The topological polar surface area (TPSA) is 46.5 Å². The molecule has 18 heavy (non-hydrogen) atoms. The van der Waals surface area contributed by atoms with Crippen molar-refractivity contribution in [1.82, 2.24) is 0 Å². The summed E-state index contributed by atoms with van der Waals surface area (Å²) in [7, 11) is -0.935. The molecule has 0 radical (unpaired) electrons. The zero-order valence-electron chi connectivity index (χ0n) is 10.1. The van der Waals surface area contributed by atoms with E-state index in [1.165, 1.54) is 0 Å². The Morgan fingerprint density at radius 3 is 3.11 bits per heavy atom. The predicted octanol–water partition coefficient (Wildman–Crippen LogP) is 1.88. The highest BCUT2D eigenvalue weighted by molar-refractivity contribution is 7.98. The Labute approximate surface area is 116 Å². The predicted molar refractivity (Wildman–Crippen MR) is 75.8 cm³/mol. The van der Waals surface area contributed by atoms with Crippen molar-refractivity contribution in [3.8, 4) is 0 Å². The minimum atomic E-state index is -0.935. The average molecular weight is 285 g/mol. The molecule has 0 amide bonds. The molecule has 2 rings (SSSR count). The maximum absolute atomic E-state index is 12.0. The molecule has 3 nitrogen and oxygen atoms in total. The molecule has 96 valence electrons. The number of rotatable bonds is 5. The van der Waals surface area contributed by atoms with Crippen molar-refractivity contribution in [3.05, 3.63) is 28.3 Å². The molecule has 1 aliphatic heterocycles. The lowest BCUT2D eigenvalue weighted by Crippen LogP contribution is -2.28. The fraction of sp³-hybridized carbons (Fsp3) is 0.417. The Bertz CT molecular complexity index is 467. The number of hydrogen-bond acceptors (Lipinski definition) is 4. The van der Waals surface area contributed by atoms with Crippen molar-refractivity contribution in [3.63, 3.8) is 0 Å². The van der Waals surface area contributed by atoms with Gasteiger partial charge in [-0.25, -0.2) is 0 Å². The number of carbonyl (C=O) groups is 1. The molecule has 0 fully saturated rings. The van der Waals surface area contributed by atoms with Gasteiger partial charge < -0.3 is 9.68 Å². The van der Waals surface area contributed by atoms with E-state index in [2.05, 4.69) is 0 Å². The molecule has 1 aromatic rings. The highest BCUT2D eigenvalue weighted by atomic mass is 35.5. The minimum absolute atomic E-state index is 0.0240. The Morgan fingerprint density at radius 1 is 1.61 bits per heavy atom. The minimum Gasteiger partial charge on any atom is -0.423 e. The SMILES string of the molecule is CSCCCC(=O)c1cc2c(cc1Cl)COB2O. The first-order valence-electron chi connectivity index (χ1n) is 5.77. The van der Waals surface area contributed by atoms with Gasteiger partial charge >= 0.3 is 7.12 Å². The van der Waals surface area contributed by atoms with Crippen LogP contribution in [0.1, 0.15) is 28.8 Å². The van der Waals surface area contributed by atoms with Gasteiger partial charge in [0.2, 0.25) is 0 Å². The molecular weight excluding hydrogens is 270 g/mol. The molecule has 0 spiro atoms. The Hall–Kier alpha value is -0.485. The molecule has 0 unspecified atom stereocenters. The zero-order chi connectivity index (χ0) is 13.1. The first kappa shape index (κ1) is 13.9. The summed E-state index contributed by atoms with van der Waals surface area (Å²) >= 11 is 7.82. The summed E-state index contributed by atoms with van der Waals surface area (Å²) in [4.78, 5) is 12.0. The lowest BCUT2D eigenvalue weighted by atomic mass is 9.78. The van der Waals surface area contributed by atoms with Crippen molar-refractivity contribution in [2.75, 3.05) is 12.0 Å².